The molecule has 2 aromatic heterocycles. The molecule has 3 rings (SSSR count). The van der Waals surface area contributed by atoms with Gasteiger partial charge in [0.25, 0.3) is 5.91 Å². The van der Waals surface area contributed by atoms with Crippen LogP contribution in [0.1, 0.15) is 16.1 Å². The van der Waals surface area contributed by atoms with Gasteiger partial charge in [0.15, 0.2) is 0 Å². The van der Waals surface area contributed by atoms with Crippen LogP contribution < -0.4 is 10.1 Å². The summed E-state index contributed by atoms with van der Waals surface area (Å²) in [6.45, 7) is -1.10. The smallest absolute Gasteiger partial charge is 0.387 e. The number of aromatic nitrogens is 3. The summed E-state index contributed by atoms with van der Waals surface area (Å²) in [6.07, 6.45) is 1.37. The van der Waals surface area contributed by atoms with Gasteiger partial charge in [0.05, 0.1) is 16.8 Å². The molecule has 0 saturated carbocycles. The Kier molecular flexibility index (Phi) is 3.88. The molecule has 0 spiro atoms. The number of ether oxygens (including phenoxy) is 1. The topological polar surface area (TPSA) is 79.9 Å². The number of alkyl halides is 2. The van der Waals surface area contributed by atoms with Crippen molar-refractivity contribution in [3.8, 4) is 5.75 Å². The summed E-state index contributed by atoms with van der Waals surface area (Å²) >= 11 is 0. The zero-order valence-corrected chi connectivity index (χ0v) is 12.0. The van der Waals surface area contributed by atoms with Crippen molar-refractivity contribution in [3.05, 3.63) is 47.8 Å². The van der Waals surface area contributed by atoms with Crippen LogP contribution in [-0.4, -0.2) is 27.7 Å². The first-order valence-electron chi connectivity index (χ1n) is 6.69. The Hall–Kier alpha value is -3.03. The summed E-state index contributed by atoms with van der Waals surface area (Å²) in [5, 5.41) is 9.89. The number of rotatable bonds is 4. The monoisotopic (exact) mass is 318 g/mol. The largest absolute Gasteiger partial charge is 0.435 e. The Balaban J connectivity index is 1.83. The van der Waals surface area contributed by atoms with Crippen LogP contribution in [0.3, 0.4) is 0 Å². The lowest BCUT2D eigenvalue weighted by Crippen LogP contribution is -2.12. The van der Waals surface area contributed by atoms with E-state index in [1.165, 1.54) is 18.3 Å². The predicted octanol–water partition coefficient (Wildman–Crippen LogP) is 3.12. The second-order valence-corrected chi connectivity index (χ2v) is 4.83. The van der Waals surface area contributed by atoms with Crippen LogP contribution in [0.15, 0.2) is 36.5 Å². The maximum Gasteiger partial charge on any atom is 0.387 e. The van der Waals surface area contributed by atoms with Crippen molar-refractivity contribution in [3.63, 3.8) is 0 Å². The quantitative estimate of drug-likeness (QED) is 0.774. The van der Waals surface area contributed by atoms with E-state index in [4.69, 9.17) is 0 Å². The fourth-order valence-electron chi connectivity index (χ4n) is 2.08. The normalized spacial score (nSPS) is 11.0. The van der Waals surface area contributed by atoms with Crippen LogP contribution >= 0.6 is 0 Å². The van der Waals surface area contributed by atoms with E-state index < -0.39 is 6.61 Å². The third kappa shape index (κ3) is 3.42. The van der Waals surface area contributed by atoms with Crippen molar-refractivity contribution in [1.29, 1.82) is 0 Å². The number of carbonyl (C=O) groups excluding carboxylic acids is 1. The first-order chi connectivity index (χ1) is 11.0. The number of carbonyl (C=O) groups is 1. The van der Waals surface area contributed by atoms with Crippen molar-refractivity contribution < 1.29 is 18.3 Å². The number of nitrogens with one attached hydrogen (secondary N) is 2. The summed E-state index contributed by atoms with van der Waals surface area (Å²) < 4.78 is 28.7. The van der Waals surface area contributed by atoms with Gasteiger partial charge in [0, 0.05) is 23.7 Å². The number of aromatic amines is 1. The van der Waals surface area contributed by atoms with E-state index in [1.807, 2.05) is 0 Å². The van der Waals surface area contributed by atoms with Gasteiger partial charge < -0.3 is 10.1 Å². The number of halogens is 2. The average Bonchev–Trinajstić information content (AvgIpc) is 2.91. The molecule has 0 aliphatic carbocycles. The second kappa shape index (κ2) is 5.99. The van der Waals surface area contributed by atoms with Gasteiger partial charge in [-0.2, -0.15) is 13.9 Å². The van der Waals surface area contributed by atoms with Gasteiger partial charge in [-0.1, -0.05) is 0 Å². The molecule has 2 N–H and O–H groups in total. The molecule has 0 bridgehead atoms. The number of aryl methyl sites for hydroxylation is 1. The minimum Gasteiger partial charge on any atom is -0.435 e. The lowest BCUT2D eigenvalue weighted by Gasteiger charge is -2.07. The van der Waals surface area contributed by atoms with Gasteiger partial charge in [0.2, 0.25) is 0 Å². The summed E-state index contributed by atoms with van der Waals surface area (Å²) in [5.41, 5.74) is 1.55. The Bertz CT molecular complexity index is 864. The van der Waals surface area contributed by atoms with E-state index in [1.54, 1.807) is 25.1 Å². The third-order valence-electron chi connectivity index (χ3n) is 3.10. The zero-order valence-electron chi connectivity index (χ0n) is 12.0. The molecule has 0 unspecified atom stereocenters. The highest BCUT2D eigenvalue weighted by molar-refractivity contribution is 6.05. The number of amides is 1. The molecule has 0 aliphatic rings. The van der Waals surface area contributed by atoms with Gasteiger partial charge in [-0.25, -0.2) is 0 Å². The van der Waals surface area contributed by atoms with Crippen LogP contribution in [0.25, 0.3) is 10.9 Å². The van der Waals surface area contributed by atoms with Gasteiger partial charge >= 0.3 is 6.61 Å². The van der Waals surface area contributed by atoms with Crippen molar-refractivity contribution in [2.45, 2.75) is 13.5 Å². The summed E-state index contributed by atoms with van der Waals surface area (Å²) in [6, 6.07) is 7.67. The van der Waals surface area contributed by atoms with Gasteiger partial charge in [-0.05, 0) is 25.1 Å². The minimum atomic E-state index is -2.89. The lowest BCUT2D eigenvalue weighted by molar-refractivity contribution is -0.0497. The van der Waals surface area contributed by atoms with Crippen LogP contribution in [0.4, 0.5) is 14.6 Å². The average molecular weight is 318 g/mol. The zero-order chi connectivity index (χ0) is 16.4. The fourth-order valence-corrected chi connectivity index (χ4v) is 2.08. The Labute approximate surface area is 129 Å². The number of nitrogens with zero attached hydrogens (tertiary/aromatic N) is 2. The predicted molar refractivity (Wildman–Crippen MR) is 79.7 cm³/mol. The molecule has 6 nitrogen and oxygen atoms in total. The van der Waals surface area contributed by atoms with Crippen LogP contribution in [-0.2, 0) is 0 Å². The van der Waals surface area contributed by atoms with E-state index in [2.05, 4.69) is 25.2 Å². The molecule has 118 valence electrons. The molecular formula is C15H12F2N4O2. The Morgan fingerprint density at radius 3 is 2.83 bits per heavy atom. The molecule has 2 heterocycles. The van der Waals surface area contributed by atoms with Crippen LogP contribution in [0, 0.1) is 6.92 Å². The molecule has 3 aromatic rings. The molecule has 0 radical (unpaired) electrons. The molecule has 1 aromatic carbocycles. The van der Waals surface area contributed by atoms with E-state index in [0.717, 1.165) is 5.69 Å². The second-order valence-electron chi connectivity index (χ2n) is 4.83. The number of pyridine rings is 1. The minimum absolute atomic E-state index is 0.0186. The first kappa shape index (κ1) is 14.9. The first-order valence-corrected chi connectivity index (χ1v) is 6.69. The maximum absolute atomic E-state index is 12.2. The van der Waals surface area contributed by atoms with E-state index in [0.29, 0.717) is 22.3 Å². The van der Waals surface area contributed by atoms with Gasteiger partial charge in [-0.15, -0.1) is 0 Å². The van der Waals surface area contributed by atoms with Gasteiger partial charge in [0.1, 0.15) is 11.6 Å². The van der Waals surface area contributed by atoms with Crippen LogP contribution in [0.2, 0.25) is 0 Å². The SMILES string of the molecule is Cc1cc(NC(=O)c2cnc3cc(OC(F)F)ccc3c2)[nH]n1. The number of anilines is 1. The molecule has 23 heavy (non-hydrogen) atoms. The van der Waals surface area contributed by atoms with E-state index in [-0.39, 0.29) is 11.7 Å². The van der Waals surface area contributed by atoms with E-state index >= 15 is 0 Å². The number of H-pyrrole nitrogens is 1. The number of fused-ring (bicyclic) bond motifs is 1. The van der Waals surface area contributed by atoms with Crippen molar-refractivity contribution in [2.24, 2.45) is 0 Å². The summed E-state index contributed by atoms with van der Waals surface area (Å²) in [4.78, 5) is 16.3. The molecule has 0 aliphatic heterocycles. The lowest BCUT2D eigenvalue weighted by atomic mass is 10.1. The molecule has 8 heteroatoms. The molecule has 0 fully saturated rings. The third-order valence-corrected chi connectivity index (χ3v) is 3.10. The molecule has 0 atom stereocenters. The van der Waals surface area contributed by atoms with Crippen LogP contribution in [0.5, 0.6) is 5.75 Å². The Morgan fingerprint density at radius 1 is 1.30 bits per heavy atom. The molecular weight excluding hydrogens is 306 g/mol. The Morgan fingerprint density at radius 2 is 2.13 bits per heavy atom. The maximum atomic E-state index is 12.2. The summed E-state index contributed by atoms with van der Waals surface area (Å²) in [7, 11) is 0. The van der Waals surface area contributed by atoms with Gasteiger partial charge in [-0.3, -0.25) is 14.9 Å². The van der Waals surface area contributed by atoms with E-state index in [9.17, 15) is 13.6 Å². The molecule has 0 saturated heterocycles. The van der Waals surface area contributed by atoms with Crippen molar-refractivity contribution >= 4 is 22.6 Å². The van der Waals surface area contributed by atoms with Crippen molar-refractivity contribution in [1.82, 2.24) is 15.2 Å². The highest BCUT2D eigenvalue weighted by Gasteiger charge is 2.10. The number of hydrogen-bond acceptors (Lipinski definition) is 4. The van der Waals surface area contributed by atoms with Crippen molar-refractivity contribution in [2.75, 3.05) is 5.32 Å². The number of benzene rings is 1. The molecule has 1 amide bonds. The number of hydrogen-bond donors (Lipinski definition) is 2. The summed E-state index contributed by atoms with van der Waals surface area (Å²) in [5.74, 6) is 0.148. The highest BCUT2D eigenvalue weighted by atomic mass is 19.3. The standard InChI is InChI=1S/C15H12F2N4O2/c1-8-4-13(21-20-8)19-14(22)10-5-9-2-3-11(23-15(16)17)6-12(9)18-7-10/h2-7,15H,1H3,(H2,19,20,21,22). The highest BCUT2D eigenvalue weighted by Crippen LogP contribution is 2.22. The fraction of sp³-hybridized carbons (Fsp3) is 0.133.